The summed E-state index contributed by atoms with van der Waals surface area (Å²) in [5.74, 6) is -0.333. The van der Waals surface area contributed by atoms with Crippen LogP contribution in [-0.4, -0.2) is 17.8 Å². The predicted molar refractivity (Wildman–Crippen MR) is 57.1 cm³/mol. The summed E-state index contributed by atoms with van der Waals surface area (Å²) < 4.78 is 0. The molecule has 1 aromatic carbocycles. The summed E-state index contributed by atoms with van der Waals surface area (Å²) in [5, 5.41) is 12.8. The van der Waals surface area contributed by atoms with Crippen LogP contribution in [-0.2, 0) is 4.79 Å². The Labute approximate surface area is 92.9 Å². The van der Waals surface area contributed by atoms with Crippen molar-refractivity contribution in [2.75, 3.05) is 5.75 Å². The Bertz CT molecular complexity index is 381. The van der Waals surface area contributed by atoms with E-state index in [1.807, 2.05) is 17.4 Å². The highest BCUT2D eigenvalue weighted by Crippen LogP contribution is 2.28. The number of aryl methyl sites for hydroxylation is 1. The zero-order valence-corrected chi connectivity index (χ0v) is 9.29. The number of quaternary nitrogens is 1. The van der Waals surface area contributed by atoms with Crippen molar-refractivity contribution in [3.8, 4) is 0 Å². The molecule has 0 bridgehead atoms. The van der Waals surface area contributed by atoms with Crippen molar-refractivity contribution in [1.29, 1.82) is 0 Å². The Morgan fingerprint density at radius 3 is 2.87 bits per heavy atom. The van der Waals surface area contributed by atoms with Crippen molar-refractivity contribution in [1.82, 2.24) is 0 Å². The van der Waals surface area contributed by atoms with E-state index in [4.69, 9.17) is 0 Å². The third-order valence-electron chi connectivity index (χ3n) is 2.66. The lowest BCUT2D eigenvalue weighted by Crippen LogP contribution is -2.90. The molecule has 4 heteroatoms. The Morgan fingerprint density at radius 2 is 2.27 bits per heavy atom. The van der Waals surface area contributed by atoms with Gasteiger partial charge in [0.15, 0.2) is 5.37 Å². The molecule has 2 rings (SSSR count). The Balaban J connectivity index is 2.14. The minimum atomic E-state index is -0.960. The number of rotatable bonds is 2. The molecular formula is C11H13NO2S. The molecule has 1 saturated heterocycles. The number of thioether (sulfide) groups is 1. The van der Waals surface area contributed by atoms with Gasteiger partial charge in [0.25, 0.3) is 0 Å². The maximum atomic E-state index is 10.7. The fraction of sp³-hybridized carbons (Fsp3) is 0.364. The average molecular weight is 223 g/mol. The van der Waals surface area contributed by atoms with Crippen LogP contribution >= 0.6 is 11.8 Å². The van der Waals surface area contributed by atoms with Gasteiger partial charge in [-0.15, -0.1) is 0 Å². The number of nitrogens with two attached hydrogens (primary N) is 1. The highest BCUT2D eigenvalue weighted by atomic mass is 32.2. The van der Waals surface area contributed by atoms with Crippen LogP contribution in [0.25, 0.3) is 0 Å². The van der Waals surface area contributed by atoms with Gasteiger partial charge in [-0.25, -0.2) is 0 Å². The second kappa shape index (κ2) is 4.24. The van der Waals surface area contributed by atoms with E-state index in [0.717, 1.165) is 0 Å². The number of aliphatic carboxylic acids is 1. The summed E-state index contributed by atoms with van der Waals surface area (Å²) in [6, 6.07) is 7.69. The zero-order valence-electron chi connectivity index (χ0n) is 8.47. The third kappa shape index (κ3) is 2.16. The molecule has 0 radical (unpaired) electrons. The molecule has 0 aromatic heterocycles. The molecule has 0 spiro atoms. The second-order valence-electron chi connectivity index (χ2n) is 3.73. The fourth-order valence-electron chi connectivity index (χ4n) is 1.78. The molecule has 0 saturated carbocycles. The zero-order chi connectivity index (χ0) is 10.8. The Kier molecular flexibility index (Phi) is 2.98. The average Bonchev–Trinajstić information content (AvgIpc) is 2.67. The predicted octanol–water partition coefficient (Wildman–Crippen LogP) is -0.578. The van der Waals surface area contributed by atoms with Crippen molar-refractivity contribution in [2.24, 2.45) is 0 Å². The number of carbonyl (C=O) groups excluding carboxylic acids is 1. The van der Waals surface area contributed by atoms with Crippen LogP contribution < -0.4 is 10.4 Å². The monoisotopic (exact) mass is 223 g/mol. The third-order valence-corrected chi connectivity index (χ3v) is 3.98. The van der Waals surface area contributed by atoms with Crippen LogP contribution in [0.3, 0.4) is 0 Å². The van der Waals surface area contributed by atoms with Crippen LogP contribution in [0.1, 0.15) is 16.5 Å². The van der Waals surface area contributed by atoms with Gasteiger partial charge < -0.3 is 15.2 Å². The first-order valence-electron chi connectivity index (χ1n) is 4.91. The van der Waals surface area contributed by atoms with Crippen LogP contribution in [0.4, 0.5) is 0 Å². The largest absolute Gasteiger partial charge is 0.544 e. The van der Waals surface area contributed by atoms with Gasteiger partial charge in [0, 0.05) is 5.56 Å². The van der Waals surface area contributed by atoms with Gasteiger partial charge in [-0.2, -0.15) is 0 Å². The lowest BCUT2D eigenvalue weighted by molar-refractivity contribution is -0.690. The Hall–Kier alpha value is -1.00. The molecular weight excluding hydrogens is 210 g/mol. The molecule has 1 fully saturated rings. The molecule has 2 atom stereocenters. The van der Waals surface area contributed by atoms with Gasteiger partial charge in [-0.3, -0.25) is 0 Å². The highest BCUT2D eigenvalue weighted by molar-refractivity contribution is 7.99. The molecule has 3 nitrogen and oxygen atoms in total. The van der Waals surface area contributed by atoms with E-state index in [0.29, 0.717) is 5.75 Å². The van der Waals surface area contributed by atoms with Gasteiger partial charge in [-0.05, 0) is 12.5 Å². The number of hydrogen-bond donors (Lipinski definition) is 1. The Morgan fingerprint density at radius 1 is 1.53 bits per heavy atom. The molecule has 0 aliphatic carbocycles. The minimum Gasteiger partial charge on any atom is -0.544 e. The maximum Gasteiger partial charge on any atom is 0.159 e. The highest BCUT2D eigenvalue weighted by Gasteiger charge is 2.31. The van der Waals surface area contributed by atoms with Crippen molar-refractivity contribution in [3.05, 3.63) is 35.4 Å². The molecule has 1 aliphatic rings. The summed E-state index contributed by atoms with van der Waals surface area (Å²) in [5.41, 5.74) is 2.43. The second-order valence-corrected chi connectivity index (χ2v) is 4.90. The molecule has 1 heterocycles. The van der Waals surface area contributed by atoms with E-state index in [-0.39, 0.29) is 5.37 Å². The lowest BCUT2D eigenvalue weighted by Gasteiger charge is -2.12. The van der Waals surface area contributed by atoms with Gasteiger partial charge in [-0.1, -0.05) is 36.0 Å². The number of benzene rings is 1. The van der Waals surface area contributed by atoms with E-state index >= 15 is 0 Å². The van der Waals surface area contributed by atoms with E-state index < -0.39 is 12.0 Å². The first-order valence-corrected chi connectivity index (χ1v) is 5.96. The normalized spacial score (nSPS) is 25.4. The standard InChI is InChI=1S/C11H13NO2S/c1-7-4-2-3-5-8(7)10-12-9(6-15-10)11(13)14/h2-5,9-10,12H,6H2,1H3,(H,13,14)/t9-,10+/m0/s1. The summed E-state index contributed by atoms with van der Waals surface area (Å²) in [4.78, 5) is 10.7. The smallest absolute Gasteiger partial charge is 0.159 e. The van der Waals surface area contributed by atoms with E-state index in [9.17, 15) is 9.90 Å². The van der Waals surface area contributed by atoms with E-state index in [2.05, 4.69) is 19.1 Å². The number of carboxylic acid groups (broad SMARTS) is 1. The topological polar surface area (TPSA) is 56.7 Å². The van der Waals surface area contributed by atoms with Crippen LogP contribution in [0.5, 0.6) is 0 Å². The molecule has 80 valence electrons. The number of carboxylic acids is 1. The first-order chi connectivity index (χ1) is 7.18. The quantitative estimate of drug-likeness (QED) is 0.730. The van der Waals surface area contributed by atoms with Gasteiger partial charge in [0.1, 0.15) is 12.0 Å². The molecule has 15 heavy (non-hydrogen) atoms. The van der Waals surface area contributed by atoms with E-state index in [1.165, 1.54) is 11.1 Å². The molecule has 2 N–H and O–H groups in total. The van der Waals surface area contributed by atoms with E-state index in [1.54, 1.807) is 11.8 Å². The lowest BCUT2D eigenvalue weighted by atomic mass is 10.1. The minimum absolute atomic E-state index is 0.203. The fourth-order valence-corrected chi connectivity index (χ4v) is 3.18. The maximum absolute atomic E-state index is 10.7. The van der Waals surface area contributed by atoms with Crippen molar-refractivity contribution in [3.63, 3.8) is 0 Å². The SMILES string of the molecule is Cc1ccccc1[C@@H]1[NH2+][C@H](C(=O)[O-])CS1. The van der Waals surface area contributed by atoms with Gasteiger partial charge in [0.05, 0.1) is 5.75 Å². The summed E-state index contributed by atoms with van der Waals surface area (Å²) >= 11 is 1.67. The first kappa shape index (κ1) is 10.5. The van der Waals surface area contributed by atoms with Crippen molar-refractivity contribution >= 4 is 17.7 Å². The van der Waals surface area contributed by atoms with Crippen LogP contribution in [0.2, 0.25) is 0 Å². The summed E-state index contributed by atoms with van der Waals surface area (Å²) in [7, 11) is 0. The number of hydrogen-bond acceptors (Lipinski definition) is 3. The van der Waals surface area contributed by atoms with Crippen LogP contribution in [0, 0.1) is 6.92 Å². The van der Waals surface area contributed by atoms with Gasteiger partial charge in [0.2, 0.25) is 0 Å². The van der Waals surface area contributed by atoms with Crippen molar-refractivity contribution in [2.45, 2.75) is 18.3 Å². The van der Waals surface area contributed by atoms with Gasteiger partial charge >= 0.3 is 0 Å². The number of carbonyl (C=O) groups is 1. The molecule has 1 aromatic rings. The molecule has 1 aliphatic heterocycles. The summed E-state index contributed by atoms with van der Waals surface area (Å²) in [6.45, 7) is 2.05. The molecule has 0 amide bonds. The van der Waals surface area contributed by atoms with Crippen molar-refractivity contribution < 1.29 is 15.2 Å². The molecule has 0 unspecified atom stereocenters. The summed E-state index contributed by atoms with van der Waals surface area (Å²) in [6.07, 6.45) is 0. The van der Waals surface area contributed by atoms with Crippen LogP contribution in [0.15, 0.2) is 24.3 Å².